The van der Waals surface area contributed by atoms with Gasteiger partial charge >= 0.3 is 0 Å². The summed E-state index contributed by atoms with van der Waals surface area (Å²) in [6.45, 7) is 1.41. The number of carbonyl (C=O) groups is 2. The minimum atomic E-state index is -0.0783. The van der Waals surface area contributed by atoms with E-state index < -0.39 is 0 Å². The van der Waals surface area contributed by atoms with E-state index >= 15 is 0 Å². The molecule has 1 saturated heterocycles. The van der Waals surface area contributed by atoms with E-state index in [1.165, 1.54) is 25.5 Å². The lowest BCUT2D eigenvalue weighted by atomic mass is 9.98. The van der Waals surface area contributed by atoms with Crippen LogP contribution in [-0.4, -0.2) is 48.6 Å². The van der Waals surface area contributed by atoms with Crippen LogP contribution in [0.1, 0.15) is 55.5 Å². The summed E-state index contributed by atoms with van der Waals surface area (Å²) in [4.78, 5) is 26.0. The van der Waals surface area contributed by atoms with Gasteiger partial charge in [0, 0.05) is 19.1 Å². The second-order valence-electron chi connectivity index (χ2n) is 6.68. The zero-order chi connectivity index (χ0) is 16.8. The number of nitrogens with one attached hydrogen (secondary N) is 1. The van der Waals surface area contributed by atoms with Crippen molar-refractivity contribution in [1.82, 2.24) is 10.2 Å². The fourth-order valence-electron chi connectivity index (χ4n) is 3.48. The van der Waals surface area contributed by atoms with Gasteiger partial charge < -0.3 is 19.4 Å². The molecule has 0 atom stereocenters. The van der Waals surface area contributed by atoms with Crippen molar-refractivity contribution in [2.24, 2.45) is 0 Å². The molecule has 2 aliphatic rings. The van der Waals surface area contributed by atoms with Gasteiger partial charge in [0.15, 0.2) is 5.76 Å². The Morgan fingerprint density at radius 1 is 1.17 bits per heavy atom. The third-order valence-corrected chi connectivity index (χ3v) is 4.88. The van der Waals surface area contributed by atoms with Gasteiger partial charge in [-0.05, 0) is 37.8 Å². The Balaban J connectivity index is 1.35. The lowest BCUT2D eigenvalue weighted by Crippen LogP contribution is -2.47. The molecule has 1 aromatic rings. The third kappa shape index (κ3) is 4.60. The van der Waals surface area contributed by atoms with Crippen molar-refractivity contribution in [2.45, 2.75) is 57.1 Å². The standard InChI is InChI=1S/C18H26N2O4/c21-17(13-24-15-5-2-1-3-6-15)19-14-8-10-20(11-9-14)18(22)16-7-4-12-23-16/h4,7,12,14-15H,1-3,5-6,8-11,13H2,(H,19,21). The summed E-state index contributed by atoms with van der Waals surface area (Å²) in [6.07, 6.45) is 9.11. The molecular formula is C18H26N2O4. The maximum atomic E-state index is 12.2. The topological polar surface area (TPSA) is 71.8 Å². The number of furan rings is 1. The average molecular weight is 334 g/mol. The minimum absolute atomic E-state index is 0.0450. The van der Waals surface area contributed by atoms with Crippen molar-refractivity contribution in [3.63, 3.8) is 0 Å². The van der Waals surface area contributed by atoms with Crippen molar-refractivity contribution in [3.8, 4) is 0 Å². The zero-order valence-corrected chi connectivity index (χ0v) is 14.0. The minimum Gasteiger partial charge on any atom is -0.459 e. The van der Waals surface area contributed by atoms with Gasteiger partial charge in [0.2, 0.25) is 5.91 Å². The molecule has 3 rings (SSSR count). The molecule has 1 aromatic heterocycles. The Kier molecular flexibility index (Phi) is 5.91. The van der Waals surface area contributed by atoms with E-state index in [1.807, 2.05) is 0 Å². The van der Waals surface area contributed by atoms with Crippen molar-refractivity contribution in [2.75, 3.05) is 19.7 Å². The number of rotatable bonds is 5. The average Bonchev–Trinajstić information content (AvgIpc) is 3.16. The number of ether oxygens (including phenoxy) is 1. The highest BCUT2D eigenvalue weighted by Crippen LogP contribution is 2.20. The van der Waals surface area contributed by atoms with Crippen LogP contribution in [0.15, 0.2) is 22.8 Å². The second-order valence-corrected chi connectivity index (χ2v) is 6.68. The summed E-state index contributed by atoms with van der Waals surface area (Å²) in [5.74, 6) is 0.250. The second kappa shape index (κ2) is 8.33. The Morgan fingerprint density at radius 2 is 1.92 bits per heavy atom. The number of nitrogens with zero attached hydrogens (tertiary/aromatic N) is 1. The van der Waals surface area contributed by atoms with E-state index in [1.54, 1.807) is 17.0 Å². The normalized spacial score (nSPS) is 20.1. The number of piperidine rings is 1. The first kappa shape index (κ1) is 17.0. The van der Waals surface area contributed by atoms with Gasteiger partial charge in [-0.25, -0.2) is 0 Å². The lowest BCUT2D eigenvalue weighted by Gasteiger charge is -2.32. The van der Waals surface area contributed by atoms with Crippen LogP contribution in [0.5, 0.6) is 0 Å². The Morgan fingerprint density at radius 3 is 2.58 bits per heavy atom. The first-order valence-electron chi connectivity index (χ1n) is 8.96. The molecule has 0 radical (unpaired) electrons. The fourth-order valence-corrected chi connectivity index (χ4v) is 3.48. The molecule has 1 N–H and O–H groups in total. The summed E-state index contributed by atoms with van der Waals surface area (Å²) < 4.78 is 10.9. The first-order valence-corrected chi connectivity index (χ1v) is 8.96. The van der Waals surface area contributed by atoms with Crippen molar-refractivity contribution < 1.29 is 18.7 Å². The van der Waals surface area contributed by atoms with E-state index in [-0.39, 0.29) is 30.6 Å². The van der Waals surface area contributed by atoms with Crippen LogP contribution in [0.25, 0.3) is 0 Å². The van der Waals surface area contributed by atoms with Gasteiger partial charge in [-0.2, -0.15) is 0 Å². The molecule has 1 aliphatic carbocycles. The third-order valence-electron chi connectivity index (χ3n) is 4.88. The highest BCUT2D eigenvalue weighted by atomic mass is 16.5. The van der Waals surface area contributed by atoms with E-state index in [0.717, 1.165) is 25.7 Å². The van der Waals surface area contributed by atoms with Crippen LogP contribution in [-0.2, 0) is 9.53 Å². The van der Waals surface area contributed by atoms with E-state index in [4.69, 9.17) is 9.15 Å². The number of carbonyl (C=O) groups excluding carboxylic acids is 2. The maximum Gasteiger partial charge on any atom is 0.289 e. The molecule has 0 unspecified atom stereocenters. The number of likely N-dealkylation sites (tertiary alicyclic amines) is 1. The molecule has 2 amide bonds. The van der Waals surface area contributed by atoms with Crippen LogP contribution < -0.4 is 5.32 Å². The predicted octanol–water partition coefficient (Wildman–Crippen LogP) is 2.35. The van der Waals surface area contributed by atoms with Gasteiger partial charge in [0.25, 0.3) is 5.91 Å². The van der Waals surface area contributed by atoms with Gasteiger partial charge in [-0.3, -0.25) is 9.59 Å². The Hall–Kier alpha value is -1.82. The van der Waals surface area contributed by atoms with Crippen LogP contribution in [0.3, 0.4) is 0 Å². The van der Waals surface area contributed by atoms with Gasteiger partial charge in [-0.15, -0.1) is 0 Å². The van der Waals surface area contributed by atoms with Crippen LogP contribution in [0.2, 0.25) is 0 Å². The number of hydrogen-bond donors (Lipinski definition) is 1. The molecule has 6 nitrogen and oxygen atoms in total. The van der Waals surface area contributed by atoms with Gasteiger partial charge in [-0.1, -0.05) is 19.3 Å². The SMILES string of the molecule is O=C(COC1CCCCC1)NC1CCN(C(=O)c2ccco2)CC1. The maximum absolute atomic E-state index is 12.2. The smallest absolute Gasteiger partial charge is 0.289 e. The molecule has 0 aromatic carbocycles. The predicted molar refractivity (Wildman–Crippen MR) is 88.6 cm³/mol. The number of amides is 2. The molecule has 2 fully saturated rings. The quantitative estimate of drug-likeness (QED) is 0.897. The lowest BCUT2D eigenvalue weighted by molar-refractivity contribution is -0.129. The summed E-state index contributed by atoms with van der Waals surface area (Å²) in [5, 5.41) is 3.03. The zero-order valence-electron chi connectivity index (χ0n) is 14.0. The van der Waals surface area contributed by atoms with Crippen LogP contribution >= 0.6 is 0 Å². The summed E-state index contributed by atoms with van der Waals surface area (Å²) in [6, 6.07) is 3.51. The highest BCUT2D eigenvalue weighted by Gasteiger charge is 2.26. The monoisotopic (exact) mass is 334 g/mol. The molecule has 1 saturated carbocycles. The molecule has 24 heavy (non-hydrogen) atoms. The summed E-state index contributed by atoms with van der Waals surface area (Å²) in [5.41, 5.74) is 0. The van der Waals surface area contributed by atoms with Crippen molar-refractivity contribution in [3.05, 3.63) is 24.2 Å². The van der Waals surface area contributed by atoms with Crippen molar-refractivity contribution in [1.29, 1.82) is 0 Å². The molecular weight excluding hydrogens is 308 g/mol. The fraction of sp³-hybridized carbons (Fsp3) is 0.667. The Labute approximate surface area is 142 Å². The van der Waals surface area contributed by atoms with Gasteiger partial charge in [0.1, 0.15) is 6.61 Å². The van der Waals surface area contributed by atoms with Crippen LogP contribution in [0.4, 0.5) is 0 Å². The van der Waals surface area contributed by atoms with E-state index in [2.05, 4.69) is 5.32 Å². The van der Waals surface area contributed by atoms with E-state index in [9.17, 15) is 9.59 Å². The first-order chi connectivity index (χ1) is 11.7. The molecule has 0 bridgehead atoms. The van der Waals surface area contributed by atoms with Crippen LogP contribution in [0, 0.1) is 0 Å². The summed E-state index contributed by atoms with van der Waals surface area (Å²) in [7, 11) is 0. The Bertz CT molecular complexity index is 529. The molecule has 2 heterocycles. The van der Waals surface area contributed by atoms with Crippen molar-refractivity contribution >= 4 is 11.8 Å². The van der Waals surface area contributed by atoms with Gasteiger partial charge in [0.05, 0.1) is 12.4 Å². The molecule has 1 aliphatic heterocycles. The molecule has 6 heteroatoms. The summed E-state index contributed by atoms with van der Waals surface area (Å²) >= 11 is 0. The van der Waals surface area contributed by atoms with E-state index in [0.29, 0.717) is 18.8 Å². The number of hydrogen-bond acceptors (Lipinski definition) is 4. The largest absolute Gasteiger partial charge is 0.459 e. The highest BCUT2D eigenvalue weighted by molar-refractivity contribution is 5.91. The molecule has 0 spiro atoms. The molecule has 132 valence electrons.